The van der Waals surface area contributed by atoms with Gasteiger partial charge in [0.2, 0.25) is 0 Å². The first-order chi connectivity index (χ1) is 21.3. The number of para-hydroxylation sites is 3. The van der Waals surface area contributed by atoms with Crippen LogP contribution in [-0.4, -0.2) is 26.2 Å². The summed E-state index contributed by atoms with van der Waals surface area (Å²) in [5.74, 6) is 3.23. The van der Waals surface area contributed by atoms with Gasteiger partial charge in [-0.15, -0.1) is 0 Å². The Morgan fingerprint density at radius 2 is 1.30 bits per heavy atom. The lowest BCUT2D eigenvalue weighted by molar-refractivity contribution is 0.416. The van der Waals surface area contributed by atoms with Gasteiger partial charge in [-0.1, -0.05) is 94.4 Å². The molecule has 4 aromatic carbocycles. The quantitative estimate of drug-likeness (QED) is 0.180. The third-order valence-corrected chi connectivity index (χ3v) is 8.37. The Kier molecular flexibility index (Phi) is 7.96. The Bertz CT molecular complexity index is 1900. The summed E-state index contributed by atoms with van der Waals surface area (Å²) in [6.07, 6.45) is 6.10. The van der Waals surface area contributed by atoms with Gasteiger partial charge < -0.3 is 4.74 Å². The van der Waals surface area contributed by atoms with Crippen molar-refractivity contribution in [2.45, 2.75) is 53.4 Å². The lowest BCUT2D eigenvalue weighted by Crippen LogP contribution is -2.08. The van der Waals surface area contributed by atoms with E-state index in [1.807, 2.05) is 30.6 Å². The Balaban J connectivity index is 1.56. The molecule has 0 spiro atoms. The molecule has 2 aromatic heterocycles. The number of benzene rings is 4. The molecule has 44 heavy (non-hydrogen) atoms. The lowest BCUT2D eigenvalue weighted by Gasteiger charge is -2.22. The standard InChI is InChI=1S/C39H40N4O/c1-25(2)31-18-12-19-32(26(3)4)37(31)43-24-34(41-39(43)33-17-8-9-20-35(33)44-7)29-15-11-16-30(23-29)38-40-21-22-42(38)36-27(5)13-10-14-28(36)6/h8-26H,1-7H3. The minimum atomic E-state index is 0.340. The molecule has 0 radical (unpaired) electrons. The molecule has 0 bridgehead atoms. The van der Waals surface area contributed by atoms with Gasteiger partial charge in [-0.3, -0.25) is 9.13 Å². The molecule has 0 aliphatic rings. The molecule has 5 nitrogen and oxygen atoms in total. The number of hydrogen-bond donors (Lipinski definition) is 0. The lowest BCUT2D eigenvalue weighted by atomic mass is 9.92. The Morgan fingerprint density at radius 1 is 0.659 bits per heavy atom. The average Bonchev–Trinajstić information content (AvgIpc) is 3.69. The molecule has 0 unspecified atom stereocenters. The van der Waals surface area contributed by atoms with E-state index in [9.17, 15) is 0 Å². The molecule has 0 saturated carbocycles. The zero-order valence-electron chi connectivity index (χ0n) is 26.7. The monoisotopic (exact) mass is 580 g/mol. The van der Waals surface area contributed by atoms with Crippen LogP contribution in [0.5, 0.6) is 5.75 Å². The van der Waals surface area contributed by atoms with E-state index in [4.69, 9.17) is 14.7 Å². The van der Waals surface area contributed by atoms with E-state index in [1.165, 1.54) is 33.6 Å². The first kappa shape index (κ1) is 29.2. The molecule has 0 saturated heterocycles. The predicted octanol–water partition coefficient (Wildman–Crippen LogP) is 9.93. The van der Waals surface area contributed by atoms with Crippen LogP contribution < -0.4 is 4.74 Å². The van der Waals surface area contributed by atoms with E-state index in [0.29, 0.717) is 11.8 Å². The van der Waals surface area contributed by atoms with Crippen molar-refractivity contribution in [2.24, 2.45) is 0 Å². The molecule has 5 heteroatoms. The molecule has 0 atom stereocenters. The maximum atomic E-state index is 5.84. The smallest absolute Gasteiger partial charge is 0.149 e. The number of imidazole rings is 2. The second-order valence-electron chi connectivity index (χ2n) is 12.1. The topological polar surface area (TPSA) is 44.9 Å². The third kappa shape index (κ3) is 5.24. The maximum Gasteiger partial charge on any atom is 0.149 e. The van der Waals surface area contributed by atoms with E-state index in [-0.39, 0.29) is 0 Å². The van der Waals surface area contributed by atoms with Crippen LogP contribution in [-0.2, 0) is 0 Å². The van der Waals surface area contributed by atoms with Crippen molar-refractivity contribution in [3.05, 3.63) is 126 Å². The first-order valence-electron chi connectivity index (χ1n) is 15.3. The number of aryl methyl sites for hydroxylation is 2. The number of nitrogens with zero attached hydrogens (tertiary/aromatic N) is 4. The molecule has 6 aromatic rings. The molecular weight excluding hydrogens is 540 g/mol. The minimum Gasteiger partial charge on any atom is -0.496 e. The van der Waals surface area contributed by atoms with Crippen LogP contribution in [0.3, 0.4) is 0 Å². The van der Waals surface area contributed by atoms with Gasteiger partial charge >= 0.3 is 0 Å². The van der Waals surface area contributed by atoms with E-state index in [2.05, 4.69) is 124 Å². The number of ether oxygens (including phenoxy) is 1. The predicted molar refractivity (Wildman–Crippen MR) is 181 cm³/mol. The maximum absolute atomic E-state index is 5.84. The van der Waals surface area contributed by atoms with Gasteiger partial charge in [0, 0.05) is 29.7 Å². The second-order valence-corrected chi connectivity index (χ2v) is 12.1. The van der Waals surface area contributed by atoms with Crippen molar-refractivity contribution in [3.63, 3.8) is 0 Å². The zero-order chi connectivity index (χ0) is 31.0. The van der Waals surface area contributed by atoms with Gasteiger partial charge in [0.05, 0.1) is 29.7 Å². The summed E-state index contributed by atoms with van der Waals surface area (Å²) >= 11 is 0. The van der Waals surface area contributed by atoms with Gasteiger partial charge in [-0.2, -0.15) is 0 Å². The molecule has 0 aliphatic heterocycles. The van der Waals surface area contributed by atoms with Crippen LogP contribution in [0.1, 0.15) is 61.8 Å². The fourth-order valence-electron chi connectivity index (χ4n) is 6.20. The summed E-state index contributed by atoms with van der Waals surface area (Å²) in [4.78, 5) is 10.1. The number of rotatable bonds is 8. The summed E-state index contributed by atoms with van der Waals surface area (Å²) in [6, 6.07) is 29.7. The SMILES string of the molecule is COc1ccccc1-c1nc(-c2cccc(-c3nccn3-c3c(C)cccc3C)c2)cn1-c1c(C(C)C)cccc1C(C)C. The Hall–Kier alpha value is -4.90. The van der Waals surface area contributed by atoms with Crippen LogP contribution in [0.25, 0.3) is 45.4 Å². The summed E-state index contributed by atoms with van der Waals surface area (Å²) in [7, 11) is 1.72. The Morgan fingerprint density at radius 3 is 1.98 bits per heavy atom. The van der Waals surface area contributed by atoms with Crippen LogP contribution in [0.2, 0.25) is 0 Å². The summed E-state index contributed by atoms with van der Waals surface area (Å²) in [5.41, 5.74) is 11.3. The fraction of sp³-hybridized carbons (Fsp3) is 0.231. The summed E-state index contributed by atoms with van der Waals surface area (Å²) < 4.78 is 10.3. The van der Waals surface area contributed by atoms with Crippen molar-refractivity contribution in [1.29, 1.82) is 0 Å². The molecule has 6 rings (SSSR count). The van der Waals surface area contributed by atoms with Crippen LogP contribution in [0, 0.1) is 13.8 Å². The summed E-state index contributed by atoms with van der Waals surface area (Å²) in [6.45, 7) is 13.3. The number of aromatic nitrogens is 4. The first-order valence-corrected chi connectivity index (χ1v) is 15.3. The largest absolute Gasteiger partial charge is 0.496 e. The molecule has 0 aliphatic carbocycles. The average molecular weight is 581 g/mol. The number of hydrogen-bond acceptors (Lipinski definition) is 3. The molecule has 0 fully saturated rings. The van der Waals surface area contributed by atoms with Gasteiger partial charge in [0.15, 0.2) is 0 Å². The van der Waals surface area contributed by atoms with Crippen molar-refractivity contribution in [2.75, 3.05) is 7.11 Å². The molecule has 222 valence electrons. The molecular formula is C39H40N4O. The molecule has 0 N–H and O–H groups in total. The van der Waals surface area contributed by atoms with Gasteiger partial charge in [0.25, 0.3) is 0 Å². The molecule has 0 amide bonds. The van der Waals surface area contributed by atoms with E-state index < -0.39 is 0 Å². The second kappa shape index (κ2) is 12.0. The van der Waals surface area contributed by atoms with E-state index in [0.717, 1.165) is 39.8 Å². The highest BCUT2D eigenvalue weighted by molar-refractivity contribution is 5.75. The van der Waals surface area contributed by atoms with Crippen molar-refractivity contribution < 1.29 is 4.74 Å². The molecule has 2 heterocycles. The highest BCUT2D eigenvalue weighted by Gasteiger charge is 2.23. The summed E-state index contributed by atoms with van der Waals surface area (Å²) in [5, 5.41) is 0. The highest BCUT2D eigenvalue weighted by atomic mass is 16.5. The Labute approximate surface area is 260 Å². The van der Waals surface area contributed by atoms with Crippen molar-refractivity contribution >= 4 is 0 Å². The third-order valence-electron chi connectivity index (χ3n) is 8.37. The van der Waals surface area contributed by atoms with Gasteiger partial charge in [-0.05, 0) is 66.1 Å². The van der Waals surface area contributed by atoms with Crippen LogP contribution >= 0.6 is 0 Å². The number of methoxy groups -OCH3 is 1. The zero-order valence-corrected chi connectivity index (χ0v) is 26.7. The van der Waals surface area contributed by atoms with Crippen molar-refractivity contribution in [3.8, 4) is 51.2 Å². The normalized spacial score (nSPS) is 11.5. The van der Waals surface area contributed by atoms with Crippen LogP contribution in [0.15, 0.2) is 104 Å². The van der Waals surface area contributed by atoms with E-state index in [1.54, 1.807) is 7.11 Å². The van der Waals surface area contributed by atoms with Gasteiger partial charge in [0.1, 0.15) is 17.4 Å². The van der Waals surface area contributed by atoms with Crippen LogP contribution in [0.4, 0.5) is 0 Å². The van der Waals surface area contributed by atoms with Crippen molar-refractivity contribution in [1.82, 2.24) is 19.1 Å². The minimum absolute atomic E-state index is 0.340. The van der Waals surface area contributed by atoms with Gasteiger partial charge in [-0.25, -0.2) is 9.97 Å². The highest BCUT2D eigenvalue weighted by Crippen LogP contribution is 2.39. The fourth-order valence-corrected chi connectivity index (χ4v) is 6.20. The van der Waals surface area contributed by atoms with E-state index >= 15 is 0 Å².